The Morgan fingerprint density at radius 1 is 0.960 bits per heavy atom. The largest absolute Gasteiger partial charge is 0.322 e. The molecule has 0 spiro atoms. The predicted octanol–water partition coefficient (Wildman–Crippen LogP) is 5.98. The highest BCUT2D eigenvalue weighted by Gasteiger charge is 2.11. The molecule has 0 aliphatic rings. The molecule has 25 heavy (non-hydrogen) atoms. The number of amides is 1. The molecule has 3 nitrogen and oxygen atoms in total. The third-order valence-corrected chi connectivity index (χ3v) is 5.56. The van der Waals surface area contributed by atoms with E-state index in [9.17, 15) is 4.79 Å². The number of thiazole rings is 1. The molecule has 5 heteroatoms. The van der Waals surface area contributed by atoms with Crippen molar-refractivity contribution in [2.24, 2.45) is 0 Å². The van der Waals surface area contributed by atoms with Gasteiger partial charge in [-0.3, -0.25) is 4.79 Å². The second-order valence-electron chi connectivity index (χ2n) is 5.50. The van der Waals surface area contributed by atoms with E-state index in [1.54, 1.807) is 17.4 Å². The van der Waals surface area contributed by atoms with Crippen molar-refractivity contribution < 1.29 is 4.79 Å². The first-order chi connectivity index (χ1) is 12.2. The van der Waals surface area contributed by atoms with Crippen LogP contribution in [0.1, 0.15) is 10.4 Å². The zero-order chi connectivity index (χ0) is 17.2. The van der Waals surface area contributed by atoms with Crippen LogP contribution in [-0.4, -0.2) is 10.9 Å². The Labute approximate surface area is 157 Å². The van der Waals surface area contributed by atoms with Gasteiger partial charge in [0.2, 0.25) is 0 Å². The molecule has 0 atom stereocenters. The van der Waals surface area contributed by atoms with E-state index in [-0.39, 0.29) is 5.91 Å². The fraction of sp³-hybridized carbons (Fsp3) is 0. The van der Waals surface area contributed by atoms with Gasteiger partial charge in [-0.2, -0.15) is 0 Å². The molecule has 4 rings (SSSR count). The van der Waals surface area contributed by atoms with Crippen LogP contribution in [0.15, 0.2) is 77.3 Å². The van der Waals surface area contributed by atoms with Crippen LogP contribution in [0.4, 0.5) is 5.69 Å². The van der Waals surface area contributed by atoms with Gasteiger partial charge in [-0.1, -0.05) is 36.4 Å². The molecule has 0 saturated heterocycles. The van der Waals surface area contributed by atoms with E-state index in [1.807, 2.05) is 60.7 Å². The molecule has 0 bridgehead atoms. The van der Waals surface area contributed by atoms with E-state index >= 15 is 0 Å². The van der Waals surface area contributed by atoms with Gasteiger partial charge in [0, 0.05) is 15.7 Å². The van der Waals surface area contributed by atoms with Crippen LogP contribution in [0.3, 0.4) is 0 Å². The number of hydrogen-bond acceptors (Lipinski definition) is 3. The Bertz CT molecular complexity index is 1040. The molecule has 0 saturated carbocycles. The normalized spacial score (nSPS) is 10.8. The first-order valence-corrected chi connectivity index (χ1v) is 9.33. The smallest absolute Gasteiger partial charge is 0.256 e. The van der Waals surface area contributed by atoms with Crippen molar-refractivity contribution >= 4 is 49.1 Å². The number of para-hydroxylation sites is 1. The summed E-state index contributed by atoms with van der Waals surface area (Å²) in [4.78, 5) is 17.1. The Kier molecular flexibility index (Phi) is 4.34. The summed E-state index contributed by atoms with van der Waals surface area (Å²) in [5.41, 5.74) is 3.33. The average Bonchev–Trinajstić information content (AvgIpc) is 3.06. The number of nitrogens with one attached hydrogen (secondary N) is 1. The number of carbonyl (C=O) groups excluding carboxylic acids is 1. The minimum absolute atomic E-state index is 0.145. The second-order valence-corrected chi connectivity index (χ2v) is 7.39. The molecule has 0 radical (unpaired) electrons. The first kappa shape index (κ1) is 16.0. The highest BCUT2D eigenvalue weighted by Crippen LogP contribution is 2.31. The molecule has 0 unspecified atom stereocenters. The van der Waals surface area contributed by atoms with Crippen LogP contribution in [0.5, 0.6) is 0 Å². The standard InChI is InChI=1S/C20H13BrN2OS/c21-16-9-2-1-8-15(16)19(24)22-14-7-5-6-13(12-14)20-23-17-10-3-4-11-18(17)25-20/h1-12H,(H,22,24). The predicted molar refractivity (Wildman–Crippen MR) is 107 cm³/mol. The number of halogens is 1. The van der Waals surface area contributed by atoms with Gasteiger partial charge in [-0.05, 0) is 52.3 Å². The fourth-order valence-electron chi connectivity index (χ4n) is 2.57. The average molecular weight is 409 g/mol. The lowest BCUT2D eigenvalue weighted by Gasteiger charge is -2.07. The molecule has 0 aliphatic carbocycles. The summed E-state index contributed by atoms with van der Waals surface area (Å²) in [6, 6.07) is 23.2. The zero-order valence-electron chi connectivity index (χ0n) is 13.1. The first-order valence-electron chi connectivity index (χ1n) is 7.72. The summed E-state index contributed by atoms with van der Waals surface area (Å²) in [7, 11) is 0. The summed E-state index contributed by atoms with van der Waals surface area (Å²) < 4.78 is 1.93. The minimum Gasteiger partial charge on any atom is -0.322 e. The van der Waals surface area contributed by atoms with Crippen LogP contribution in [0.2, 0.25) is 0 Å². The van der Waals surface area contributed by atoms with Crippen LogP contribution in [0.25, 0.3) is 20.8 Å². The van der Waals surface area contributed by atoms with Crippen molar-refractivity contribution in [2.45, 2.75) is 0 Å². The van der Waals surface area contributed by atoms with Gasteiger partial charge < -0.3 is 5.32 Å². The Morgan fingerprint density at radius 2 is 1.76 bits per heavy atom. The van der Waals surface area contributed by atoms with E-state index in [4.69, 9.17) is 0 Å². The minimum atomic E-state index is -0.145. The summed E-state index contributed by atoms with van der Waals surface area (Å²) in [5.74, 6) is -0.145. The van der Waals surface area contributed by atoms with Crippen LogP contribution in [0, 0.1) is 0 Å². The zero-order valence-corrected chi connectivity index (χ0v) is 15.5. The number of hydrogen-bond donors (Lipinski definition) is 1. The van der Waals surface area contributed by atoms with E-state index in [0.717, 1.165) is 30.9 Å². The number of fused-ring (bicyclic) bond motifs is 1. The summed E-state index contributed by atoms with van der Waals surface area (Å²) >= 11 is 5.06. The van der Waals surface area contributed by atoms with E-state index in [1.165, 1.54) is 0 Å². The van der Waals surface area contributed by atoms with Crippen LogP contribution >= 0.6 is 27.3 Å². The van der Waals surface area contributed by atoms with E-state index in [2.05, 4.69) is 32.3 Å². The molecule has 0 aliphatic heterocycles. The van der Waals surface area contributed by atoms with Gasteiger partial charge in [0.1, 0.15) is 5.01 Å². The lowest BCUT2D eigenvalue weighted by Crippen LogP contribution is -2.12. The molecule has 3 aromatic carbocycles. The summed E-state index contributed by atoms with van der Waals surface area (Å²) in [5, 5.41) is 3.89. The Morgan fingerprint density at radius 3 is 2.60 bits per heavy atom. The lowest BCUT2D eigenvalue weighted by molar-refractivity contribution is 0.102. The van der Waals surface area contributed by atoms with Crippen molar-refractivity contribution in [3.8, 4) is 10.6 Å². The van der Waals surface area contributed by atoms with Gasteiger partial charge >= 0.3 is 0 Å². The van der Waals surface area contributed by atoms with Crippen LogP contribution < -0.4 is 5.32 Å². The lowest BCUT2D eigenvalue weighted by atomic mass is 10.2. The quantitative estimate of drug-likeness (QED) is 0.453. The SMILES string of the molecule is O=C(Nc1cccc(-c2nc3ccccc3s2)c1)c1ccccc1Br. The van der Waals surface area contributed by atoms with Crippen LogP contribution in [-0.2, 0) is 0 Å². The monoisotopic (exact) mass is 408 g/mol. The van der Waals surface area contributed by atoms with Gasteiger partial charge in [0.25, 0.3) is 5.91 Å². The number of benzene rings is 3. The maximum Gasteiger partial charge on any atom is 0.256 e. The number of nitrogens with zero attached hydrogens (tertiary/aromatic N) is 1. The highest BCUT2D eigenvalue weighted by molar-refractivity contribution is 9.10. The topological polar surface area (TPSA) is 42.0 Å². The second kappa shape index (κ2) is 6.78. The van der Waals surface area contributed by atoms with E-state index < -0.39 is 0 Å². The molecular weight excluding hydrogens is 396 g/mol. The summed E-state index contributed by atoms with van der Waals surface area (Å²) in [6.45, 7) is 0. The third kappa shape index (κ3) is 3.34. The van der Waals surface area contributed by atoms with Crippen molar-refractivity contribution in [1.29, 1.82) is 0 Å². The number of rotatable bonds is 3. The van der Waals surface area contributed by atoms with E-state index in [0.29, 0.717) is 5.56 Å². The maximum absolute atomic E-state index is 12.5. The third-order valence-electron chi connectivity index (χ3n) is 3.78. The van der Waals surface area contributed by atoms with Crippen molar-refractivity contribution in [1.82, 2.24) is 4.98 Å². The van der Waals surface area contributed by atoms with Gasteiger partial charge in [-0.15, -0.1) is 11.3 Å². The molecule has 122 valence electrons. The molecule has 1 heterocycles. The molecule has 1 aromatic heterocycles. The number of carbonyl (C=O) groups is 1. The van der Waals surface area contributed by atoms with Gasteiger partial charge in [0.05, 0.1) is 15.8 Å². The van der Waals surface area contributed by atoms with Crippen molar-refractivity contribution in [3.05, 3.63) is 82.8 Å². The van der Waals surface area contributed by atoms with Crippen molar-refractivity contribution in [2.75, 3.05) is 5.32 Å². The number of aromatic nitrogens is 1. The van der Waals surface area contributed by atoms with Crippen molar-refractivity contribution in [3.63, 3.8) is 0 Å². The van der Waals surface area contributed by atoms with Gasteiger partial charge in [0.15, 0.2) is 0 Å². The fourth-order valence-corrected chi connectivity index (χ4v) is 4.00. The highest BCUT2D eigenvalue weighted by atomic mass is 79.9. The Hall–Kier alpha value is -2.50. The Balaban J connectivity index is 1.63. The molecular formula is C20H13BrN2OS. The maximum atomic E-state index is 12.5. The van der Waals surface area contributed by atoms with Gasteiger partial charge in [-0.25, -0.2) is 4.98 Å². The molecule has 1 amide bonds. The molecule has 0 fully saturated rings. The number of anilines is 1. The molecule has 1 N–H and O–H groups in total. The summed E-state index contributed by atoms with van der Waals surface area (Å²) in [6.07, 6.45) is 0. The molecule has 4 aromatic rings.